The number of aliphatic hydroxyl groups excluding tert-OH is 1. The zero-order chi connectivity index (χ0) is 15.0. The van der Waals surface area contributed by atoms with Crippen molar-refractivity contribution in [1.82, 2.24) is 5.32 Å². The van der Waals surface area contributed by atoms with Crippen molar-refractivity contribution in [1.29, 1.82) is 0 Å². The molecule has 0 aromatic heterocycles. The minimum atomic E-state index is -0.604. The van der Waals surface area contributed by atoms with Crippen LogP contribution in [0.25, 0.3) is 0 Å². The molecule has 0 aliphatic carbocycles. The molecular weight excluding hydrogens is 254 g/mol. The molecular formula is C16H27NO3. The van der Waals surface area contributed by atoms with Crippen molar-refractivity contribution in [2.75, 3.05) is 26.9 Å². The molecule has 0 aliphatic heterocycles. The van der Waals surface area contributed by atoms with Crippen molar-refractivity contribution in [3.05, 3.63) is 29.3 Å². The summed E-state index contributed by atoms with van der Waals surface area (Å²) < 4.78 is 10.7. The smallest absolute Gasteiger partial charge is 0.124 e. The lowest BCUT2D eigenvalue weighted by Gasteiger charge is -2.20. The van der Waals surface area contributed by atoms with Crippen LogP contribution in [0.1, 0.15) is 37.4 Å². The fourth-order valence-corrected chi connectivity index (χ4v) is 2.02. The Bertz CT molecular complexity index is 395. The van der Waals surface area contributed by atoms with E-state index in [9.17, 15) is 5.11 Å². The van der Waals surface area contributed by atoms with E-state index in [-0.39, 0.29) is 19.3 Å². The highest BCUT2D eigenvalue weighted by Gasteiger charge is 2.13. The van der Waals surface area contributed by atoms with Gasteiger partial charge in [0.2, 0.25) is 0 Å². The minimum absolute atomic E-state index is 0.227. The van der Waals surface area contributed by atoms with E-state index < -0.39 is 6.10 Å². The third-order valence-corrected chi connectivity index (χ3v) is 3.13. The summed E-state index contributed by atoms with van der Waals surface area (Å²) in [5, 5.41) is 13.1. The van der Waals surface area contributed by atoms with Gasteiger partial charge in [0.1, 0.15) is 18.5 Å². The lowest BCUT2D eigenvalue weighted by Crippen LogP contribution is -2.24. The third kappa shape index (κ3) is 5.49. The van der Waals surface area contributed by atoms with E-state index in [1.165, 1.54) is 0 Å². The fourth-order valence-electron chi connectivity index (χ4n) is 2.02. The molecule has 114 valence electrons. The van der Waals surface area contributed by atoms with Crippen molar-refractivity contribution in [3.8, 4) is 5.75 Å². The Balaban J connectivity index is 2.74. The van der Waals surface area contributed by atoms with Gasteiger partial charge in [0.15, 0.2) is 0 Å². The molecule has 1 aromatic rings. The van der Waals surface area contributed by atoms with E-state index in [1.807, 2.05) is 13.0 Å². The first-order valence-corrected chi connectivity index (χ1v) is 7.22. The Morgan fingerprint density at radius 3 is 2.70 bits per heavy atom. The van der Waals surface area contributed by atoms with E-state index in [0.29, 0.717) is 0 Å². The fraction of sp³-hybridized carbons (Fsp3) is 0.625. The van der Waals surface area contributed by atoms with Gasteiger partial charge in [0.25, 0.3) is 0 Å². The molecule has 0 fully saturated rings. The topological polar surface area (TPSA) is 50.7 Å². The van der Waals surface area contributed by atoms with Crippen LogP contribution in [0.5, 0.6) is 5.75 Å². The summed E-state index contributed by atoms with van der Waals surface area (Å²) in [6.45, 7) is 7.80. The van der Waals surface area contributed by atoms with Crippen LogP contribution in [0, 0.1) is 6.92 Å². The van der Waals surface area contributed by atoms with Gasteiger partial charge in [-0.1, -0.05) is 19.1 Å². The van der Waals surface area contributed by atoms with Crippen LogP contribution >= 0.6 is 0 Å². The van der Waals surface area contributed by atoms with Gasteiger partial charge in [-0.2, -0.15) is 0 Å². The number of nitrogens with one attached hydrogen (secondary N) is 1. The molecule has 2 atom stereocenters. The van der Waals surface area contributed by atoms with Crippen LogP contribution in [0.4, 0.5) is 0 Å². The number of ether oxygens (including phenoxy) is 2. The molecule has 2 unspecified atom stereocenters. The first-order valence-electron chi connectivity index (χ1n) is 7.22. The van der Waals surface area contributed by atoms with Gasteiger partial charge in [-0.3, -0.25) is 0 Å². The molecule has 4 nitrogen and oxygen atoms in total. The molecule has 0 spiro atoms. The number of hydrogen-bond acceptors (Lipinski definition) is 4. The Labute approximate surface area is 122 Å². The zero-order valence-corrected chi connectivity index (χ0v) is 13.0. The summed E-state index contributed by atoms with van der Waals surface area (Å²) >= 11 is 0. The largest absolute Gasteiger partial charge is 0.490 e. The van der Waals surface area contributed by atoms with Gasteiger partial charge in [0, 0.05) is 18.7 Å². The van der Waals surface area contributed by atoms with Gasteiger partial charge in [-0.05, 0) is 38.4 Å². The van der Waals surface area contributed by atoms with Crippen LogP contribution in [0.3, 0.4) is 0 Å². The quantitative estimate of drug-likeness (QED) is 0.730. The number of aliphatic hydroxyl groups is 1. The summed E-state index contributed by atoms with van der Waals surface area (Å²) in [5.41, 5.74) is 2.27. The molecule has 1 aromatic carbocycles. The zero-order valence-electron chi connectivity index (χ0n) is 13.0. The Kier molecular flexibility index (Phi) is 7.59. The lowest BCUT2D eigenvalue weighted by molar-refractivity contribution is 0.0322. The predicted octanol–water partition coefficient (Wildman–Crippen LogP) is 2.44. The highest BCUT2D eigenvalue weighted by molar-refractivity contribution is 5.39. The highest BCUT2D eigenvalue weighted by Crippen LogP contribution is 2.26. The Hall–Kier alpha value is -1.10. The molecule has 0 heterocycles. The SMILES string of the molecule is CCCNC(C)c1ccc(C)cc1OCC(O)COC. The molecule has 0 amide bonds. The second-order valence-electron chi connectivity index (χ2n) is 5.14. The summed E-state index contributed by atoms with van der Waals surface area (Å²) in [6.07, 6.45) is 0.492. The number of rotatable bonds is 9. The molecule has 1 rings (SSSR count). The maximum absolute atomic E-state index is 9.69. The minimum Gasteiger partial charge on any atom is -0.490 e. The van der Waals surface area contributed by atoms with Crippen molar-refractivity contribution in [3.63, 3.8) is 0 Å². The number of hydrogen-bond donors (Lipinski definition) is 2. The van der Waals surface area contributed by atoms with E-state index in [0.717, 1.165) is 29.8 Å². The standard InChI is InChI=1S/C16H27NO3/c1-5-8-17-13(3)15-7-6-12(2)9-16(15)20-11-14(18)10-19-4/h6-7,9,13-14,17-18H,5,8,10-11H2,1-4H3. The van der Waals surface area contributed by atoms with Crippen molar-refractivity contribution < 1.29 is 14.6 Å². The number of benzene rings is 1. The first kappa shape index (κ1) is 17.0. The van der Waals surface area contributed by atoms with Crippen LogP contribution < -0.4 is 10.1 Å². The number of aryl methyl sites for hydroxylation is 1. The second-order valence-corrected chi connectivity index (χ2v) is 5.14. The first-order chi connectivity index (χ1) is 9.58. The molecule has 20 heavy (non-hydrogen) atoms. The summed E-state index contributed by atoms with van der Waals surface area (Å²) in [7, 11) is 1.57. The predicted molar refractivity (Wildman–Crippen MR) is 81.3 cm³/mol. The highest BCUT2D eigenvalue weighted by atomic mass is 16.5. The van der Waals surface area contributed by atoms with Crippen LogP contribution in [0.15, 0.2) is 18.2 Å². The Morgan fingerprint density at radius 1 is 1.30 bits per heavy atom. The van der Waals surface area contributed by atoms with Gasteiger partial charge in [-0.15, -0.1) is 0 Å². The maximum atomic E-state index is 9.69. The molecule has 4 heteroatoms. The van der Waals surface area contributed by atoms with Crippen LogP contribution in [-0.4, -0.2) is 38.1 Å². The molecule has 0 aliphatic rings. The summed E-state index contributed by atoms with van der Waals surface area (Å²) in [6, 6.07) is 6.41. The molecule has 0 bridgehead atoms. The van der Waals surface area contributed by atoms with Gasteiger partial charge >= 0.3 is 0 Å². The average molecular weight is 281 g/mol. The summed E-state index contributed by atoms with van der Waals surface area (Å²) in [4.78, 5) is 0. The lowest BCUT2D eigenvalue weighted by atomic mass is 10.0. The number of methoxy groups -OCH3 is 1. The van der Waals surface area contributed by atoms with Crippen molar-refractivity contribution >= 4 is 0 Å². The molecule has 0 radical (unpaired) electrons. The van der Waals surface area contributed by atoms with Gasteiger partial charge in [0.05, 0.1) is 6.61 Å². The van der Waals surface area contributed by atoms with E-state index in [1.54, 1.807) is 7.11 Å². The van der Waals surface area contributed by atoms with E-state index in [4.69, 9.17) is 9.47 Å². The second kappa shape index (κ2) is 8.95. The molecule has 0 saturated heterocycles. The third-order valence-electron chi connectivity index (χ3n) is 3.13. The van der Waals surface area contributed by atoms with Crippen molar-refractivity contribution in [2.24, 2.45) is 0 Å². The summed E-state index contributed by atoms with van der Waals surface area (Å²) in [5.74, 6) is 0.830. The molecule has 0 saturated carbocycles. The van der Waals surface area contributed by atoms with E-state index >= 15 is 0 Å². The van der Waals surface area contributed by atoms with Crippen molar-refractivity contribution in [2.45, 2.75) is 39.3 Å². The average Bonchev–Trinajstić information content (AvgIpc) is 2.43. The van der Waals surface area contributed by atoms with Gasteiger partial charge < -0.3 is 19.9 Å². The normalized spacial score (nSPS) is 14.1. The van der Waals surface area contributed by atoms with Crippen LogP contribution in [-0.2, 0) is 4.74 Å². The van der Waals surface area contributed by atoms with Crippen LogP contribution in [0.2, 0.25) is 0 Å². The monoisotopic (exact) mass is 281 g/mol. The maximum Gasteiger partial charge on any atom is 0.124 e. The Morgan fingerprint density at radius 2 is 2.05 bits per heavy atom. The van der Waals surface area contributed by atoms with Gasteiger partial charge in [-0.25, -0.2) is 0 Å². The molecule has 2 N–H and O–H groups in total. The van der Waals surface area contributed by atoms with E-state index in [2.05, 4.69) is 31.3 Å².